The van der Waals surface area contributed by atoms with Gasteiger partial charge >= 0.3 is 0 Å². The standard InChI is InChI=1S/C15H29NO6/c1-5-9-11(17)12(18)13(7(2)20-9)22-10-6-15(4,16)14(19)8(3)21-10/h7-14,17-19H,5-6,16H2,1-4H3/t7?,8-,9?,10+,11?,12-,13-,14+,15?/m0/s1. The lowest BCUT2D eigenvalue weighted by Crippen LogP contribution is -2.63. The second-order valence-corrected chi connectivity index (χ2v) is 6.80. The summed E-state index contributed by atoms with van der Waals surface area (Å²) in [6.45, 7) is 7.16. The minimum Gasteiger partial charge on any atom is -0.389 e. The van der Waals surface area contributed by atoms with Crippen molar-refractivity contribution in [2.45, 2.75) is 95.1 Å². The van der Waals surface area contributed by atoms with Crippen LogP contribution in [0.1, 0.15) is 40.5 Å². The predicted molar refractivity (Wildman–Crippen MR) is 79.1 cm³/mol. The summed E-state index contributed by atoms with van der Waals surface area (Å²) in [5.74, 6) is 0. The Balaban J connectivity index is 2.04. The van der Waals surface area contributed by atoms with Crippen molar-refractivity contribution in [3.05, 3.63) is 0 Å². The Morgan fingerprint density at radius 3 is 2.32 bits per heavy atom. The van der Waals surface area contributed by atoms with E-state index in [0.717, 1.165) is 0 Å². The highest BCUT2D eigenvalue weighted by Gasteiger charge is 2.47. The molecule has 0 aromatic carbocycles. The maximum Gasteiger partial charge on any atom is 0.160 e. The van der Waals surface area contributed by atoms with E-state index in [1.54, 1.807) is 20.8 Å². The monoisotopic (exact) mass is 319 g/mol. The van der Waals surface area contributed by atoms with Gasteiger partial charge < -0.3 is 35.3 Å². The van der Waals surface area contributed by atoms with Crippen LogP contribution in [0.15, 0.2) is 0 Å². The average Bonchev–Trinajstić information content (AvgIpc) is 2.44. The normalized spacial score (nSPS) is 53.5. The lowest BCUT2D eigenvalue weighted by molar-refractivity contribution is -0.303. The lowest BCUT2D eigenvalue weighted by atomic mass is 9.86. The van der Waals surface area contributed by atoms with Crippen LogP contribution in [0.4, 0.5) is 0 Å². The highest BCUT2D eigenvalue weighted by atomic mass is 16.7. The zero-order chi connectivity index (χ0) is 16.7. The summed E-state index contributed by atoms with van der Waals surface area (Å²) in [7, 11) is 0. The van der Waals surface area contributed by atoms with Gasteiger partial charge in [-0.1, -0.05) is 6.92 Å². The van der Waals surface area contributed by atoms with Crippen LogP contribution in [-0.2, 0) is 14.2 Å². The van der Waals surface area contributed by atoms with Crippen LogP contribution >= 0.6 is 0 Å². The van der Waals surface area contributed by atoms with Gasteiger partial charge in [-0.15, -0.1) is 0 Å². The molecule has 0 aliphatic carbocycles. The van der Waals surface area contributed by atoms with Crippen molar-refractivity contribution in [2.75, 3.05) is 0 Å². The highest BCUT2D eigenvalue weighted by molar-refractivity contribution is 4.96. The molecule has 0 radical (unpaired) electrons. The van der Waals surface area contributed by atoms with Crippen molar-refractivity contribution in [2.24, 2.45) is 5.73 Å². The van der Waals surface area contributed by atoms with Crippen molar-refractivity contribution >= 4 is 0 Å². The fourth-order valence-electron chi connectivity index (χ4n) is 3.29. The Labute approximate surface area is 131 Å². The van der Waals surface area contributed by atoms with Gasteiger partial charge in [0.15, 0.2) is 6.29 Å². The molecule has 0 amide bonds. The fraction of sp³-hybridized carbons (Fsp3) is 1.00. The first-order valence-corrected chi connectivity index (χ1v) is 7.96. The molecule has 2 aliphatic rings. The van der Waals surface area contributed by atoms with E-state index in [1.807, 2.05) is 6.92 Å². The lowest BCUT2D eigenvalue weighted by Gasteiger charge is -2.46. The van der Waals surface area contributed by atoms with Crippen LogP contribution in [0.3, 0.4) is 0 Å². The zero-order valence-corrected chi connectivity index (χ0v) is 13.7. The van der Waals surface area contributed by atoms with Crippen molar-refractivity contribution in [3.8, 4) is 0 Å². The molecule has 5 N–H and O–H groups in total. The molecular formula is C15H29NO6. The van der Waals surface area contributed by atoms with Gasteiger partial charge in [-0.25, -0.2) is 0 Å². The van der Waals surface area contributed by atoms with Gasteiger partial charge in [-0.2, -0.15) is 0 Å². The summed E-state index contributed by atoms with van der Waals surface area (Å²) in [6.07, 6.45) is -4.56. The van der Waals surface area contributed by atoms with Gasteiger partial charge in [0.2, 0.25) is 0 Å². The van der Waals surface area contributed by atoms with E-state index in [9.17, 15) is 15.3 Å². The minimum absolute atomic E-state index is 0.293. The van der Waals surface area contributed by atoms with Crippen LogP contribution < -0.4 is 5.73 Å². The minimum atomic E-state index is -1.05. The Bertz CT molecular complexity index is 379. The SMILES string of the molecule is CCC1OC(C)[C@H](O[C@@H]2CC(C)(N)[C@H](O)[C@H](C)O2)[C@@H](O)C1O. The molecule has 7 nitrogen and oxygen atoms in total. The van der Waals surface area contributed by atoms with E-state index in [-0.39, 0.29) is 6.10 Å². The van der Waals surface area contributed by atoms with E-state index >= 15 is 0 Å². The zero-order valence-electron chi connectivity index (χ0n) is 13.7. The number of ether oxygens (including phenoxy) is 3. The summed E-state index contributed by atoms with van der Waals surface area (Å²) < 4.78 is 17.1. The van der Waals surface area contributed by atoms with Crippen molar-refractivity contribution in [1.82, 2.24) is 0 Å². The molecule has 0 aromatic heterocycles. The second-order valence-electron chi connectivity index (χ2n) is 6.80. The van der Waals surface area contributed by atoms with E-state index in [2.05, 4.69) is 0 Å². The molecule has 130 valence electrons. The topological polar surface area (TPSA) is 114 Å². The quantitative estimate of drug-likeness (QED) is 0.554. The Kier molecular flexibility index (Phi) is 5.49. The highest BCUT2D eigenvalue weighted by Crippen LogP contribution is 2.32. The molecule has 2 saturated heterocycles. The average molecular weight is 319 g/mol. The number of hydrogen-bond acceptors (Lipinski definition) is 7. The molecule has 22 heavy (non-hydrogen) atoms. The van der Waals surface area contributed by atoms with E-state index < -0.39 is 48.5 Å². The van der Waals surface area contributed by atoms with E-state index in [0.29, 0.717) is 12.8 Å². The van der Waals surface area contributed by atoms with Gasteiger partial charge in [0.05, 0.1) is 24.4 Å². The van der Waals surface area contributed by atoms with Crippen molar-refractivity contribution < 1.29 is 29.5 Å². The van der Waals surface area contributed by atoms with Gasteiger partial charge in [-0.3, -0.25) is 0 Å². The summed E-state index contributed by atoms with van der Waals surface area (Å²) in [4.78, 5) is 0. The molecule has 0 saturated carbocycles. The smallest absolute Gasteiger partial charge is 0.160 e. The molecule has 0 bridgehead atoms. The fourth-order valence-corrected chi connectivity index (χ4v) is 3.29. The van der Waals surface area contributed by atoms with Crippen LogP contribution in [0.2, 0.25) is 0 Å². The van der Waals surface area contributed by atoms with E-state index in [4.69, 9.17) is 19.9 Å². The maximum atomic E-state index is 10.3. The summed E-state index contributed by atoms with van der Waals surface area (Å²) in [5, 5.41) is 30.4. The molecule has 0 aromatic rings. The number of nitrogens with two attached hydrogens (primary N) is 1. The first-order valence-electron chi connectivity index (χ1n) is 7.96. The summed E-state index contributed by atoms with van der Waals surface area (Å²) in [5.41, 5.74) is 5.26. The molecule has 2 heterocycles. The van der Waals surface area contributed by atoms with Gasteiger partial charge in [0.25, 0.3) is 0 Å². The van der Waals surface area contributed by atoms with Gasteiger partial charge in [0, 0.05) is 12.0 Å². The van der Waals surface area contributed by atoms with Crippen molar-refractivity contribution in [1.29, 1.82) is 0 Å². The third-order valence-corrected chi connectivity index (χ3v) is 4.72. The molecule has 0 spiro atoms. The first kappa shape index (κ1) is 18.1. The van der Waals surface area contributed by atoms with Crippen LogP contribution in [0.5, 0.6) is 0 Å². The number of aliphatic hydroxyl groups excluding tert-OH is 3. The molecule has 7 heteroatoms. The first-order chi connectivity index (χ1) is 10.2. The van der Waals surface area contributed by atoms with Crippen LogP contribution in [0, 0.1) is 0 Å². The summed E-state index contributed by atoms with van der Waals surface area (Å²) in [6, 6.07) is 0. The molecule has 2 rings (SSSR count). The Hall–Kier alpha value is -0.280. The molecular weight excluding hydrogens is 290 g/mol. The predicted octanol–water partition coefficient (Wildman–Crippen LogP) is -0.496. The summed E-state index contributed by atoms with van der Waals surface area (Å²) >= 11 is 0. The molecule has 9 atom stereocenters. The van der Waals surface area contributed by atoms with Crippen LogP contribution in [0.25, 0.3) is 0 Å². The van der Waals surface area contributed by atoms with Gasteiger partial charge in [0.1, 0.15) is 18.3 Å². The largest absolute Gasteiger partial charge is 0.389 e. The molecule has 4 unspecified atom stereocenters. The maximum absolute atomic E-state index is 10.3. The van der Waals surface area contributed by atoms with Crippen LogP contribution in [-0.4, -0.2) is 69.9 Å². The second kappa shape index (κ2) is 6.68. The molecule has 2 fully saturated rings. The third kappa shape index (κ3) is 3.46. The van der Waals surface area contributed by atoms with Crippen molar-refractivity contribution in [3.63, 3.8) is 0 Å². The van der Waals surface area contributed by atoms with Gasteiger partial charge in [-0.05, 0) is 27.2 Å². The Morgan fingerprint density at radius 1 is 1.14 bits per heavy atom. The number of hydrogen-bond donors (Lipinski definition) is 4. The number of rotatable bonds is 3. The number of aliphatic hydroxyl groups is 3. The molecule has 2 aliphatic heterocycles. The van der Waals surface area contributed by atoms with E-state index in [1.165, 1.54) is 0 Å². The third-order valence-electron chi connectivity index (χ3n) is 4.72. The Morgan fingerprint density at radius 2 is 1.77 bits per heavy atom.